The van der Waals surface area contributed by atoms with Gasteiger partial charge in [-0.3, -0.25) is 0 Å². The van der Waals surface area contributed by atoms with Gasteiger partial charge in [0.1, 0.15) is 0 Å². The molecule has 1 unspecified atom stereocenters. The van der Waals surface area contributed by atoms with E-state index < -0.39 is 0 Å². The van der Waals surface area contributed by atoms with Crippen LogP contribution in [0.1, 0.15) is 73.6 Å². The van der Waals surface area contributed by atoms with Gasteiger partial charge in [-0.1, -0.05) is 52.5 Å². The largest absolute Gasteiger partial charge is 0.119 e. The molecule has 0 bridgehead atoms. The van der Waals surface area contributed by atoms with E-state index in [9.17, 15) is 0 Å². The summed E-state index contributed by atoms with van der Waals surface area (Å²) in [6, 6.07) is 0. The predicted octanol–water partition coefficient (Wildman–Crippen LogP) is 7.01. The molecule has 0 amide bonds. The van der Waals surface area contributed by atoms with Crippen molar-refractivity contribution in [3.63, 3.8) is 0 Å². The van der Waals surface area contributed by atoms with E-state index in [-0.39, 0.29) is 5.92 Å². The highest BCUT2D eigenvalue weighted by Gasteiger charge is 2.01. The maximum Gasteiger partial charge on any atom is 0.0417 e. The third-order valence-corrected chi connectivity index (χ3v) is 3.60. The van der Waals surface area contributed by atoms with Crippen LogP contribution < -0.4 is 0 Å². The monoisotopic (exact) mass is 298 g/mol. The second-order valence-electron chi connectivity index (χ2n) is 6.71. The first kappa shape index (κ1) is 20.5. The lowest BCUT2D eigenvalue weighted by Crippen LogP contribution is -1.93. The summed E-state index contributed by atoms with van der Waals surface area (Å²) in [4.78, 5) is 0. The molecule has 0 aliphatic rings. The Morgan fingerprint density at radius 2 is 1.32 bits per heavy atom. The molecule has 0 radical (unpaired) electrons. The van der Waals surface area contributed by atoms with Crippen LogP contribution in [0.5, 0.6) is 0 Å². The Hall–Kier alpha value is -1.48. The summed E-state index contributed by atoms with van der Waals surface area (Å²) in [5.74, 6) is 3.14. The molecule has 0 aromatic rings. The lowest BCUT2D eigenvalue weighted by Gasteiger charge is -2.06. The lowest BCUT2D eigenvalue weighted by atomic mass is 9.98. The highest BCUT2D eigenvalue weighted by molar-refractivity contribution is 5.15. The van der Waals surface area contributed by atoms with Gasteiger partial charge in [0.15, 0.2) is 0 Å². The summed E-state index contributed by atoms with van der Waals surface area (Å²) < 4.78 is 0. The quantitative estimate of drug-likeness (QED) is 0.317. The van der Waals surface area contributed by atoms with Gasteiger partial charge in [-0.15, -0.1) is 6.42 Å². The van der Waals surface area contributed by atoms with Gasteiger partial charge in [-0.25, -0.2) is 0 Å². The number of hydrogen-bond acceptors (Lipinski definition) is 0. The molecule has 0 nitrogen and oxygen atoms in total. The number of terminal acetylenes is 1. The highest BCUT2D eigenvalue weighted by atomic mass is 14.1. The van der Waals surface area contributed by atoms with Crippen LogP contribution >= 0.6 is 0 Å². The van der Waals surface area contributed by atoms with Gasteiger partial charge < -0.3 is 0 Å². The average Bonchev–Trinajstić information content (AvgIpc) is 2.42. The van der Waals surface area contributed by atoms with Crippen LogP contribution in [0.2, 0.25) is 0 Å². The third kappa shape index (κ3) is 12.3. The van der Waals surface area contributed by atoms with Gasteiger partial charge in [-0.2, -0.15) is 0 Å². The Kier molecular flexibility index (Phi) is 11.3. The predicted molar refractivity (Wildman–Crippen MR) is 102 cm³/mol. The van der Waals surface area contributed by atoms with Crippen LogP contribution in [-0.4, -0.2) is 0 Å². The van der Waals surface area contributed by atoms with Gasteiger partial charge in [-0.05, 0) is 73.6 Å². The number of allylic oxidation sites excluding steroid dienone is 8. The minimum atomic E-state index is 0.227. The first-order valence-electron chi connectivity index (χ1n) is 8.41. The van der Waals surface area contributed by atoms with E-state index in [0.717, 1.165) is 32.1 Å². The summed E-state index contributed by atoms with van der Waals surface area (Å²) in [5, 5.41) is 0. The lowest BCUT2D eigenvalue weighted by molar-refractivity contribution is 0.821. The Balaban J connectivity index is 4.38. The minimum Gasteiger partial charge on any atom is -0.119 e. The van der Waals surface area contributed by atoms with E-state index in [4.69, 9.17) is 6.42 Å². The molecule has 0 N–H and O–H groups in total. The zero-order valence-electron chi connectivity index (χ0n) is 15.5. The molecule has 0 saturated heterocycles. The summed E-state index contributed by atoms with van der Waals surface area (Å²) in [6.45, 7) is 13.0. The van der Waals surface area contributed by atoms with Gasteiger partial charge in [0.25, 0.3) is 0 Å². The fourth-order valence-electron chi connectivity index (χ4n) is 2.22. The first-order valence-corrected chi connectivity index (χ1v) is 8.41. The molecule has 0 fully saturated rings. The summed E-state index contributed by atoms with van der Waals surface area (Å²) in [5.41, 5.74) is 5.62. The smallest absolute Gasteiger partial charge is 0.0417 e. The molecule has 122 valence electrons. The van der Waals surface area contributed by atoms with Crippen molar-refractivity contribution in [1.29, 1.82) is 0 Å². The second kappa shape index (κ2) is 12.1. The zero-order valence-corrected chi connectivity index (χ0v) is 15.5. The molecule has 0 aromatic carbocycles. The standard InChI is InChI=1S/C22H34/c1-8-22(17-21(7)14-10-12-19(4)5)16-15-20(6)13-9-11-18(2)3/h1,11-12,15,17,22H,9-10,13-14,16H2,2-7H3. The van der Waals surface area contributed by atoms with E-state index in [2.05, 4.69) is 71.8 Å². The summed E-state index contributed by atoms with van der Waals surface area (Å²) >= 11 is 0. The SMILES string of the molecule is C#CC(C=C(C)CCC=C(C)C)CC=C(C)CCC=C(C)C. The van der Waals surface area contributed by atoms with Crippen molar-refractivity contribution < 1.29 is 0 Å². The molecule has 0 aliphatic heterocycles. The fraction of sp³-hybridized carbons (Fsp3) is 0.545. The summed E-state index contributed by atoms with van der Waals surface area (Å²) in [7, 11) is 0. The van der Waals surface area contributed by atoms with Gasteiger partial charge >= 0.3 is 0 Å². The normalized spacial score (nSPS) is 13.3. The molecular weight excluding hydrogens is 264 g/mol. The van der Waals surface area contributed by atoms with Crippen molar-refractivity contribution >= 4 is 0 Å². The van der Waals surface area contributed by atoms with Crippen LogP contribution in [0.4, 0.5) is 0 Å². The van der Waals surface area contributed by atoms with Crippen LogP contribution in [0.15, 0.2) is 46.6 Å². The van der Waals surface area contributed by atoms with Gasteiger partial charge in [0, 0.05) is 5.92 Å². The van der Waals surface area contributed by atoms with Crippen molar-refractivity contribution in [3.05, 3.63) is 46.6 Å². The summed E-state index contributed by atoms with van der Waals surface area (Å²) in [6.07, 6.45) is 20.3. The molecule has 1 atom stereocenters. The average molecular weight is 299 g/mol. The topological polar surface area (TPSA) is 0 Å². The molecule has 0 spiro atoms. The van der Waals surface area contributed by atoms with Gasteiger partial charge in [0.2, 0.25) is 0 Å². The van der Waals surface area contributed by atoms with E-state index in [1.165, 1.54) is 22.3 Å². The Bertz CT molecular complexity index is 467. The van der Waals surface area contributed by atoms with E-state index in [0.29, 0.717) is 0 Å². The maximum absolute atomic E-state index is 5.68. The highest BCUT2D eigenvalue weighted by Crippen LogP contribution is 2.15. The van der Waals surface area contributed by atoms with Crippen molar-refractivity contribution in [2.45, 2.75) is 73.6 Å². The van der Waals surface area contributed by atoms with Crippen LogP contribution in [0.25, 0.3) is 0 Å². The van der Waals surface area contributed by atoms with E-state index >= 15 is 0 Å². The Morgan fingerprint density at radius 3 is 1.77 bits per heavy atom. The van der Waals surface area contributed by atoms with Crippen LogP contribution in [0.3, 0.4) is 0 Å². The maximum atomic E-state index is 5.68. The molecular formula is C22H34. The molecule has 0 saturated carbocycles. The van der Waals surface area contributed by atoms with Crippen molar-refractivity contribution in [2.75, 3.05) is 0 Å². The first-order chi connectivity index (χ1) is 10.3. The zero-order chi connectivity index (χ0) is 17.0. The van der Waals surface area contributed by atoms with E-state index in [1.54, 1.807) is 0 Å². The van der Waals surface area contributed by atoms with Gasteiger partial charge in [0.05, 0.1) is 0 Å². The number of rotatable bonds is 9. The molecule has 0 heterocycles. The van der Waals surface area contributed by atoms with E-state index in [1.807, 2.05) is 0 Å². The van der Waals surface area contributed by atoms with Crippen molar-refractivity contribution in [1.82, 2.24) is 0 Å². The van der Waals surface area contributed by atoms with Crippen molar-refractivity contribution in [2.24, 2.45) is 5.92 Å². The molecule has 22 heavy (non-hydrogen) atoms. The van der Waals surface area contributed by atoms with Crippen LogP contribution in [-0.2, 0) is 0 Å². The van der Waals surface area contributed by atoms with Crippen molar-refractivity contribution in [3.8, 4) is 12.3 Å². The molecule has 0 aliphatic carbocycles. The minimum absolute atomic E-state index is 0.227. The Labute approximate surface area is 139 Å². The molecule has 0 aromatic heterocycles. The van der Waals surface area contributed by atoms with Crippen LogP contribution in [0, 0.1) is 18.3 Å². The Morgan fingerprint density at radius 1 is 0.818 bits per heavy atom. The third-order valence-electron chi connectivity index (χ3n) is 3.60. The number of hydrogen-bond donors (Lipinski definition) is 0. The molecule has 0 rings (SSSR count). The fourth-order valence-corrected chi connectivity index (χ4v) is 2.22. The molecule has 0 heteroatoms. The second-order valence-corrected chi connectivity index (χ2v) is 6.71.